The third-order valence-electron chi connectivity index (χ3n) is 4.38. The van der Waals surface area contributed by atoms with Crippen LogP contribution in [-0.4, -0.2) is 12.1 Å². The summed E-state index contributed by atoms with van der Waals surface area (Å²) in [6.45, 7) is 2.20. The molecule has 4 heteroatoms. The summed E-state index contributed by atoms with van der Waals surface area (Å²) >= 11 is 0. The molecule has 0 unspecified atom stereocenters. The minimum absolute atomic E-state index is 0.334. The maximum absolute atomic E-state index is 9.55. The summed E-state index contributed by atoms with van der Waals surface area (Å²) in [5.74, 6) is 1.52. The van der Waals surface area contributed by atoms with Crippen LogP contribution in [0.2, 0.25) is 0 Å². The number of hydrogen-bond donors (Lipinski definition) is 1. The van der Waals surface area contributed by atoms with Crippen LogP contribution in [0.15, 0.2) is 24.3 Å². The third-order valence-corrected chi connectivity index (χ3v) is 4.38. The van der Waals surface area contributed by atoms with E-state index in [0.29, 0.717) is 17.3 Å². The molecule has 112 valence electrons. The van der Waals surface area contributed by atoms with E-state index in [1.54, 1.807) is 7.11 Å². The van der Waals surface area contributed by atoms with Gasteiger partial charge in [-0.3, -0.25) is 0 Å². The number of fused-ring (bicyclic) bond motifs is 1. The molecule has 0 saturated heterocycles. The van der Waals surface area contributed by atoms with Crippen molar-refractivity contribution in [3.8, 4) is 22.9 Å². The van der Waals surface area contributed by atoms with Crippen LogP contribution < -0.4 is 10.5 Å². The van der Waals surface area contributed by atoms with Gasteiger partial charge in [0.25, 0.3) is 0 Å². The van der Waals surface area contributed by atoms with Gasteiger partial charge in [0, 0.05) is 11.3 Å². The first kappa shape index (κ1) is 14.4. The molecule has 4 nitrogen and oxygen atoms in total. The van der Waals surface area contributed by atoms with Crippen LogP contribution in [0.5, 0.6) is 5.75 Å². The summed E-state index contributed by atoms with van der Waals surface area (Å²) < 4.78 is 5.22. The molecule has 3 rings (SSSR count). The Morgan fingerprint density at radius 2 is 2.05 bits per heavy atom. The predicted molar refractivity (Wildman–Crippen MR) is 86.7 cm³/mol. The molecule has 0 bridgehead atoms. The molecular weight excluding hydrogens is 274 g/mol. The quantitative estimate of drug-likeness (QED) is 0.917. The highest BCUT2D eigenvalue weighted by Crippen LogP contribution is 2.41. The second kappa shape index (κ2) is 5.69. The van der Waals surface area contributed by atoms with E-state index < -0.39 is 0 Å². The first-order valence-corrected chi connectivity index (χ1v) is 7.52. The molecule has 0 fully saturated rings. The van der Waals surface area contributed by atoms with E-state index >= 15 is 0 Å². The number of nitrogens with zero attached hydrogens (tertiary/aromatic N) is 2. The zero-order valence-electron chi connectivity index (χ0n) is 12.9. The second-order valence-electron chi connectivity index (χ2n) is 5.74. The number of benzene rings is 1. The second-order valence-corrected chi connectivity index (χ2v) is 5.74. The Labute approximate surface area is 130 Å². The van der Waals surface area contributed by atoms with E-state index in [2.05, 4.69) is 18.0 Å². The van der Waals surface area contributed by atoms with Crippen molar-refractivity contribution in [1.82, 2.24) is 4.98 Å². The summed E-state index contributed by atoms with van der Waals surface area (Å²) in [5.41, 5.74) is 10.7. The molecule has 0 amide bonds. The average Bonchev–Trinajstić information content (AvgIpc) is 2.54. The first-order chi connectivity index (χ1) is 10.7. The molecule has 0 spiro atoms. The minimum atomic E-state index is 0.334. The SMILES string of the molecule is COc1ccc(-c2c(C#N)c(N)nc3c2[C@@H](C)CCC3)cc1. The summed E-state index contributed by atoms with van der Waals surface area (Å²) in [6.07, 6.45) is 3.17. The van der Waals surface area contributed by atoms with E-state index in [4.69, 9.17) is 10.5 Å². The Hall–Kier alpha value is -2.54. The normalized spacial score (nSPS) is 16.7. The van der Waals surface area contributed by atoms with Crippen LogP contribution in [0.4, 0.5) is 5.82 Å². The Bertz CT molecular complexity index is 744. The highest BCUT2D eigenvalue weighted by molar-refractivity contribution is 5.80. The molecule has 0 saturated carbocycles. The van der Waals surface area contributed by atoms with Gasteiger partial charge in [-0.15, -0.1) is 0 Å². The summed E-state index contributed by atoms with van der Waals surface area (Å²) in [6, 6.07) is 10.0. The lowest BCUT2D eigenvalue weighted by atomic mass is 9.80. The Balaban J connectivity index is 2.28. The Kier molecular flexibility index (Phi) is 3.72. The van der Waals surface area contributed by atoms with E-state index in [1.807, 2.05) is 24.3 Å². The number of methoxy groups -OCH3 is 1. The van der Waals surface area contributed by atoms with Crippen molar-refractivity contribution in [2.75, 3.05) is 12.8 Å². The largest absolute Gasteiger partial charge is 0.497 e. The van der Waals surface area contributed by atoms with E-state index in [1.165, 1.54) is 5.56 Å². The zero-order chi connectivity index (χ0) is 15.7. The number of rotatable bonds is 2. The summed E-state index contributed by atoms with van der Waals surface area (Å²) in [4.78, 5) is 4.49. The van der Waals surface area contributed by atoms with Crippen LogP contribution in [-0.2, 0) is 6.42 Å². The van der Waals surface area contributed by atoms with Gasteiger partial charge < -0.3 is 10.5 Å². The van der Waals surface area contributed by atoms with Crippen molar-refractivity contribution in [3.05, 3.63) is 41.1 Å². The standard InChI is InChI=1S/C18H19N3O/c1-11-4-3-5-15-16(11)17(14(10-19)18(20)21-15)12-6-8-13(22-2)9-7-12/h6-9,11H,3-5H2,1-2H3,(H2,20,21)/t11-/m0/s1. The Morgan fingerprint density at radius 3 is 2.68 bits per heavy atom. The molecule has 0 radical (unpaired) electrons. The van der Waals surface area contributed by atoms with Gasteiger partial charge in [0.05, 0.1) is 7.11 Å². The maximum atomic E-state index is 9.55. The van der Waals surface area contributed by atoms with Gasteiger partial charge in [-0.25, -0.2) is 4.98 Å². The maximum Gasteiger partial charge on any atom is 0.142 e. The lowest BCUT2D eigenvalue weighted by Crippen LogP contribution is -2.14. The van der Waals surface area contributed by atoms with Crippen molar-refractivity contribution >= 4 is 5.82 Å². The fourth-order valence-electron chi connectivity index (χ4n) is 3.28. The number of anilines is 1. The fraction of sp³-hybridized carbons (Fsp3) is 0.333. The summed E-state index contributed by atoms with van der Waals surface area (Å²) in [7, 11) is 1.64. The van der Waals surface area contributed by atoms with Gasteiger partial charge in [-0.05, 0) is 48.4 Å². The molecule has 1 heterocycles. The van der Waals surface area contributed by atoms with Gasteiger partial charge in [-0.2, -0.15) is 5.26 Å². The predicted octanol–water partition coefficient (Wildman–Crippen LogP) is 3.65. The van der Waals surface area contributed by atoms with Crippen molar-refractivity contribution in [2.24, 2.45) is 0 Å². The Morgan fingerprint density at radius 1 is 1.32 bits per heavy atom. The van der Waals surface area contributed by atoms with Gasteiger partial charge in [0.1, 0.15) is 23.2 Å². The molecule has 2 N–H and O–H groups in total. The smallest absolute Gasteiger partial charge is 0.142 e. The van der Waals surface area contributed by atoms with Crippen molar-refractivity contribution in [3.63, 3.8) is 0 Å². The van der Waals surface area contributed by atoms with Gasteiger partial charge >= 0.3 is 0 Å². The van der Waals surface area contributed by atoms with Crippen molar-refractivity contribution in [2.45, 2.75) is 32.1 Å². The number of nitrogen functional groups attached to an aromatic ring is 1. The lowest BCUT2D eigenvalue weighted by Gasteiger charge is -2.26. The zero-order valence-corrected chi connectivity index (χ0v) is 12.9. The van der Waals surface area contributed by atoms with Gasteiger partial charge in [0.15, 0.2) is 0 Å². The molecule has 1 atom stereocenters. The van der Waals surface area contributed by atoms with Crippen LogP contribution in [0.1, 0.15) is 42.5 Å². The molecule has 0 aliphatic heterocycles. The first-order valence-electron chi connectivity index (χ1n) is 7.52. The molecule has 1 aliphatic rings. The number of ether oxygens (including phenoxy) is 1. The van der Waals surface area contributed by atoms with Crippen molar-refractivity contribution in [1.29, 1.82) is 5.26 Å². The molecule has 1 aliphatic carbocycles. The average molecular weight is 293 g/mol. The molecule has 22 heavy (non-hydrogen) atoms. The number of aryl methyl sites for hydroxylation is 1. The van der Waals surface area contributed by atoms with E-state index in [9.17, 15) is 5.26 Å². The number of aromatic nitrogens is 1. The third kappa shape index (κ3) is 2.29. The molecule has 1 aromatic carbocycles. The topological polar surface area (TPSA) is 71.9 Å². The fourth-order valence-corrected chi connectivity index (χ4v) is 3.28. The minimum Gasteiger partial charge on any atom is -0.497 e. The van der Waals surface area contributed by atoms with E-state index in [-0.39, 0.29) is 0 Å². The van der Waals surface area contributed by atoms with Crippen LogP contribution in [0.25, 0.3) is 11.1 Å². The van der Waals surface area contributed by atoms with Crippen LogP contribution in [0.3, 0.4) is 0 Å². The summed E-state index contributed by atoms with van der Waals surface area (Å²) in [5, 5.41) is 9.55. The highest BCUT2D eigenvalue weighted by Gasteiger charge is 2.26. The molecular formula is C18H19N3O. The number of nitriles is 1. The molecule has 2 aromatic rings. The van der Waals surface area contributed by atoms with Crippen molar-refractivity contribution < 1.29 is 4.74 Å². The van der Waals surface area contributed by atoms with Crippen LogP contribution in [0, 0.1) is 11.3 Å². The number of pyridine rings is 1. The number of nitrogens with two attached hydrogens (primary N) is 1. The molecule has 1 aromatic heterocycles. The number of hydrogen-bond acceptors (Lipinski definition) is 4. The van der Waals surface area contributed by atoms with E-state index in [0.717, 1.165) is 41.8 Å². The highest BCUT2D eigenvalue weighted by atomic mass is 16.5. The van der Waals surface area contributed by atoms with Crippen LogP contribution >= 0.6 is 0 Å². The van der Waals surface area contributed by atoms with Gasteiger partial charge in [-0.1, -0.05) is 19.1 Å². The van der Waals surface area contributed by atoms with Gasteiger partial charge in [0.2, 0.25) is 0 Å². The lowest BCUT2D eigenvalue weighted by molar-refractivity contribution is 0.415. The monoisotopic (exact) mass is 293 g/mol.